The third kappa shape index (κ3) is 2.07. The molecule has 1 atom stereocenters. The third-order valence-electron chi connectivity index (χ3n) is 3.37. The first kappa shape index (κ1) is 11.8. The molecule has 96 valence electrons. The molecule has 0 saturated carbocycles. The summed E-state index contributed by atoms with van der Waals surface area (Å²) in [5.41, 5.74) is 0. The fraction of sp³-hybridized carbons (Fsp3) is 0.538. The van der Waals surface area contributed by atoms with Gasteiger partial charge in [0.2, 0.25) is 0 Å². The summed E-state index contributed by atoms with van der Waals surface area (Å²) in [6, 6.07) is 2.15. The van der Waals surface area contributed by atoms with E-state index in [4.69, 9.17) is 0 Å². The molecule has 0 N–H and O–H groups in total. The maximum Gasteiger partial charge on any atom is 0.140 e. The summed E-state index contributed by atoms with van der Waals surface area (Å²) in [5, 5.41) is 1.08. The van der Waals surface area contributed by atoms with E-state index in [-0.39, 0.29) is 0 Å². The second-order valence-electron chi connectivity index (χ2n) is 4.67. The van der Waals surface area contributed by atoms with E-state index in [1.165, 1.54) is 4.88 Å². The molecule has 0 radical (unpaired) electrons. The lowest BCUT2D eigenvalue weighted by Gasteiger charge is -2.30. The molecule has 0 aromatic carbocycles. The molecule has 2 aromatic rings. The molecule has 3 rings (SSSR count). The van der Waals surface area contributed by atoms with Crippen LogP contribution < -0.4 is 4.90 Å². The second kappa shape index (κ2) is 4.80. The van der Waals surface area contributed by atoms with Gasteiger partial charge in [0.25, 0.3) is 0 Å². The number of piperidine rings is 1. The molecule has 1 saturated heterocycles. The number of aryl methyl sites for hydroxylation is 1. The Balaban J connectivity index is 2.02. The van der Waals surface area contributed by atoms with Crippen LogP contribution in [0.2, 0.25) is 0 Å². The average molecular weight is 265 g/mol. The standard InChI is InChI=1S/C13H16FN3S/c1-2-10-6-11-12(15-8-16-13(11)18-10)17-5-3-4-9(14)7-17/h6,8-9H,2-5,7H2,1H3. The Morgan fingerprint density at radius 3 is 3.17 bits per heavy atom. The summed E-state index contributed by atoms with van der Waals surface area (Å²) in [7, 11) is 0. The largest absolute Gasteiger partial charge is 0.353 e. The number of halogens is 1. The SMILES string of the molecule is CCc1cc2c(N3CCCC(F)C3)ncnc2s1. The minimum atomic E-state index is -0.729. The number of rotatable bonds is 2. The highest BCUT2D eigenvalue weighted by atomic mass is 32.1. The summed E-state index contributed by atoms with van der Waals surface area (Å²) in [6.45, 7) is 3.49. The molecular formula is C13H16FN3S. The molecule has 3 heterocycles. The van der Waals surface area contributed by atoms with Gasteiger partial charge < -0.3 is 4.90 Å². The van der Waals surface area contributed by atoms with Gasteiger partial charge >= 0.3 is 0 Å². The van der Waals surface area contributed by atoms with Gasteiger partial charge in [-0.1, -0.05) is 6.92 Å². The highest BCUT2D eigenvalue weighted by Crippen LogP contribution is 2.31. The summed E-state index contributed by atoms with van der Waals surface area (Å²) in [5.74, 6) is 0.901. The van der Waals surface area contributed by atoms with E-state index in [0.29, 0.717) is 13.0 Å². The van der Waals surface area contributed by atoms with Crippen molar-refractivity contribution in [2.45, 2.75) is 32.4 Å². The average Bonchev–Trinajstić information content (AvgIpc) is 2.81. The second-order valence-corrected chi connectivity index (χ2v) is 5.78. The van der Waals surface area contributed by atoms with E-state index in [1.807, 2.05) is 0 Å². The zero-order chi connectivity index (χ0) is 12.5. The first-order chi connectivity index (χ1) is 8.78. The van der Waals surface area contributed by atoms with E-state index in [2.05, 4.69) is 27.9 Å². The Labute approximate surface area is 110 Å². The summed E-state index contributed by atoms with van der Waals surface area (Å²) in [4.78, 5) is 13.1. The molecule has 1 aliphatic heterocycles. The van der Waals surface area contributed by atoms with Crippen molar-refractivity contribution in [3.63, 3.8) is 0 Å². The van der Waals surface area contributed by atoms with Crippen LogP contribution in [-0.4, -0.2) is 29.2 Å². The lowest BCUT2D eigenvalue weighted by atomic mass is 10.1. The van der Waals surface area contributed by atoms with Crippen molar-refractivity contribution in [2.75, 3.05) is 18.0 Å². The highest BCUT2D eigenvalue weighted by molar-refractivity contribution is 7.18. The van der Waals surface area contributed by atoms with Crippen molar-refractivity contribution in [2.24, 2.45) is 0 Å². The number of aromatic nitrogens is 2. The van der Waals surface area contributed by atoms with Crippen LogP contribution in [0.1, 0.15) is 24.6 Å². The maximum absolute atomic E-state index is 13.5. The molecule has 0 amide bonds. The quantitative estimate of drug-likeness (QED) is 0.835. The lowest BCUT2D eigenvalue weighted by Crippen LogP contribution is -2.36. The number of anilines is 1. The molecule has 3 nitrogen and oxygen atoms in total. The van der Waals surface area contributed by atoms with E-state index < -0.39 is 6.17 Å². The van der Waals surface area contributed by atoms with Gasteiger partial charge in [0.15, 0.2) is 0 Å². The van der Waals surface area contributed by atoms with Crippen LogP contribution in [-0.2, 0) is 6.42 Å². The summed E-state index contributed by atoms with van der Waals surface area (Å²) in [6.07, 6.45) is 3.45. The topological polar surface area (TPSA) is 29.0 Å². The number of fused-ring (bicyclic) bond motifs is 1. The Morgan fingerprint density at radius 2 is 2.39 bits per heavy atom. The van der Waals surface area contributed by atoms with Gasteiger partial charge in [0, 0.05) is 11.4 Å². The minimum Gasteiger partial charge on any atom is -0.353 e. The van der Waals surface area contributed by atoms with Gasteiger partial charge in [-0.2, -0.15) is 0 Å². The van der Waals surface area contributed by atoms with Crippen LogP contribution in [0.4, 0.5) is 10.2 Å². The number of hydrogen-bond donors (Lipinski definition) is 0. The molecule has 18 heavy (non-hydrogen) atoms. The van der Waals surface area contributed by atoms with Crippen LogP contribution in [0.3, 0.4) is 0 Å². The van der Waals surface area contributed by atoms with Crippen molar-refractivity contribution in [1.82, 2.24) is 9.97 Å². The van der Waals surface area contributed by atoms with Gasteiger partial charge in [-0.25, -0.2) is 14.4 Å². The zero-order valence-electron chi connectivity index (χ0n) is 10.4. The number of thiophene rings is 1. The first-order valence-electron chi connectivity index (χ1n) is 6.40. The number of hydrogen-bond acceptors (Lipinski definition) is 4. The van der Waals surface area contributed by atoms with E-state index in [1.54, 1.807) is 17.7 Å². The van der Waals surface area contributed by atoms with Crippen molar-refractivity contribution in [1.29, 1.82) is 0 Å². The van der Waals surface area contributed by atoms with Crippen molar-refractivity contribution in [3.05, 3.63) is 17.3 Å². The molecular weight excluding hydrogens is 249 g/mol. The van der Waals surface area contributed by atoms with Crippen molar-refractivity contribution < 1.29 is 4.39 Å². The van der Waals surface area contributed by atoms with Gasteiger partial charge in [-0.3, -0.25) is 0 Å². The Kier molecular flexibility index (Phi) is 3.16. The summed E-state index contributed by atoms with van der Waals surface area (Å²) >= 11 is 1.70. The van der Waals surface area contributed by atoms with E-state index in [0.717, 1.165) is 35.4 Å². The fourth-order valence-corrected chi connectivity index (χ4v) is 3.37. The normalized spacial score (nSPS) is 20.6. The van der Waals surface area contributed by atoms with Crippen LogP contribution in [0.5, 0.6) is 0 Å². The van der Waals surface area contributed by atoms with E-state index in [9.17, 15) is 4.39 Å². The third-order valence-corrected chi connectivity index (χ3v) is 4.56. The van der Waals surface area contributed by atoms with Gasteiger partial charge in [0.1, 0.15) is 23.1 Å². The smallest absolute Gasteiger partial charge is 0.140 e. The zero-order valence-corrected chi connectivity index (χ0v) is 11.2. The molecule has 1 fully saturated rings. The number of alkyl halides is 1. The van der Waals surface area contributed by atoms with Crippen molar-refractivity contribution >= 4 is 27.4 Å². The van der Waals surface area contributed by atoms with Gasteiger partial charge in [-0.15, -0.1) is 11.3 Å². The Bertz CT molecular complexity index is 554. The van der Waals surface area contributed by atoms with Gasteiger partial charge in [-0.05, 0) is 25.3 Å². The van der Waals surface area contributed by atoms with Crippen LogP contribution in [0.25, 0.3) is 10.2 Å². The van der Waals surface area contributed by atoms with Crippen LogP contribution in [0.15, 0.2) is 12.4 Å². The predicted molar refractivity (Wildman–Crippen MR) is 73.1 cm³/mol. The molecule has 1 aliphatic rings. The summed E-state index contributed by atoms with van der Waals surface area (Å²) < 4.78 is 13.5. The molecule has 1 unspecified atom stereocenters. The predicted octanol–water partition coefficient (Wildman–Crippen LogP) is 3.19. The Hall–Kier alpha value is -1.23. The Morgan fingerprint density at radius 1 is 1.50 bits per heavy atom. The molecule has 0 bridgehead atoms. The molecule has 5 heteroatoms. The maximum atomic E-state index is 13.5. The highest BCUT2D eigenvalue weighted by Gasteiger charge is 2.22. The molecule has 0 spiro atoms. The van der Waals surface area contributed by atoms with E-state index >= 15 is 0 Å². The van der Waals surface area contributed by atoms with Crippen LogP contribution in [0, 0.1) is 0 Å². The number of nitrogens with zero attached hydrogens (tertiary/aromatic N) is 3. The first-order valence-corrected chi connectivity index (χ1v) is 7.22. The minimum absolute atomic E-state index is 0.462. The van der Waals surface area contributed by atoms with Gasteiger partial charge in [0.05, 0.1) is 11.9 Å². The van der Waals surface area contributed by atoms with Crippen molar-refractivity contribution in [3.8, 4) is 0 Å². The monoisotopic (exact) mass is 265 g/mol. The van der Waals surface area contributed by atoms with Crippen LogP contribution >= 0.6 is 11.3 Å². The molecule has 2 aromatic heterocycles. The molecule has 0 aliphatic carbocycles. The fourth-order valence-electron chi connectivity index (χ4n) is 2.44. The lowest BCUT2D eigenvalue weighted by molar-refractivity contribution is 0.286.